The molecule has 0 saturated heterocycles. The van der Waals surface area contributed by atoms with E-state index in [9.17, 15) is 10.1 Å². The van der Waals surface area contributed by atoms with Crippen molar-refractivity contribution in [3.63, 3.8) is 0 Å². The minimum absolute atomic E-state index is 0.0129. The van der Waals surface area contributed by atoms with Gasteiger partial charge in [0.25, 0.3) is 0 Å². The number of carbonyl (C=O) groups is 1. The van der Waals surface area contributed by atoms with E-state index in [4.69, 9.17) is 9.47 Å². The van der Waals surface area contributed by atoms with Crippen molar-refractivity contribution in [2.45, 2.75) is 20.4 Å². The number of thioether (sulfide) groups is 1. The molecule has 0 aliphatic rings. The SMILES string of the molecule is CCOCCOC(=O)/C(C#N)=C(/NCc1ccc(C)cc1)SC. The number of nitriles is 1. The van der Waals surface area contributed by atoms with Gasteiger partial charge in [-0.1, -0.05) is 29.8 Å². The summed E-state index contributed by atoms with van der Waals surface area (Å²) in [6, 6.07) is 9.97. The van der Waals surface area contributed by atoms with Gasteiger partial charge in [0.05, 0.1) is 11.6 Å². The Balaban J connectivity index is 2.68. The van der Waals surface area contributed by atoms with Gasteiger partial charge in [0, 0.05) is 13.2 Å². The molecule has 0 unspecified atom stereocenters. The van der Waals surface area contributed by atoms with Gasteiger partial charge in [0.1, 0.15) is 12.7 Å². The van der Waals surface area contributed by atoms with Gasteiger partial charge in [-0.3, -0.25) is 0 Å². The smallest absolute Gasteiger partial charge is 0.351 e. The van der Waals surface area contributed by atoms with Gasteiger partial charge in [-0.05, 0) is 25.7 Å². The van der Waals surface area contributed by atoms with Crippen LogP contribution in [0.4, 0.5) is 0 Å². The van der Waals surface area contributed by atoms with E-state index in [2.05, 4.69) is 5.32 Å². The van der Waals surface area contributed by atoms with Crippen LogP contribution in [0.5, 0.6) is 0 Å². The summed E-state index contributed by atoms with van der Waals surface area (Å²) in [4.78, 5) is 12.0. The predicted octanol–water partition coefficient (Wildman–Crippen LogP) is 2.76. The fourth-order valence-corrected chi connectivity index (χ4v) is 2.30. The third-order valence-electron chi connectivity index (χ3n) is 2.99. The van der Waals surface area contributed by atoms with Crippen LogP contribution in [-0.2, 0) is 20.8 Å². The molecule has 0 fully saturated rings. The number of rotatable bonds is 9. The third-order valence-corrected chi connectivity index (χ3v) is 3.74. The van der Waals surface area contributed by atoms with Gasteiger partial charge in [-0.2, -0.15) is 5.26 Å². The van der Waals surface area contributed by atoms with E-state index in [0.29, 0.717) is 24.8 Å². The number of carbonyl (C=O) groups excluding carboxylic acids is 1. The van der Waals surface area contributed by atoms with Crippen LogP contribution in [0.25, 0.3) is 0 Å². The monoisotopic (exact) mass is 334 g/mol. The van der Waals surface area contributed by atoms with Crippen LogP contribution in [-0.4, -0.2) is 32.0 Å². The van der Waals surface area contributed by atoms with Crippen LogP contribution in [0, 0.1) is 18.3 Å². The van der Waals surface area contributed by atoms with Gasteiger partial charge in [0.15, 0.2) is 5.57 Å². The first kappa shape index (κ1) is 19.1. The van der Waals surface area contributed by atoms with E-state index in [1.54, 1.807) is 0 Å². The summed E-state index contributed by atoms with van der Waals surface area (Å²) in [5.41, 5.74) is 2.25. The molecule has 0 amide bonds. The maximum absolute atomic E-state index is 12.0. The topological polar surface area (TPSA) is 71.3 Å². The van der Waals surface area contributed by atoms with Crippen LogP contribution < -0.4 is 5.32 Å². The highest BCUT2D eigenvalue weighted by molar-refractivity contribution is 8.02. The van der Waals surface area contributed by atoms with Crippen LogP contribution >= 0.6 is 11.8 Å². The fourth-order valence-electron chi connectivity index (χ4n) is 1.75. The van der Waals surface area contributed by atoms with Gasteiger partial charge in [-0.25, -0.2) is 4.79 Å². The van der Waals surface area contributed by atoms with E-state index in [0.717, 1.165) is 5.56 Å². The van der Waals surface area contributed by atoms with Crippen molar-refractivity contribution in [3.05, 3.63) is 46.0 Å². The number of esters is 1. The normalized spacial score (nSPS) is 11.4. The summed E-state index contributed by atoms with van der Waals surface area (Å²) < 4.78 is 10.2. The quantitative estimate of drug-likeness (QED) is 0.324. The van der Waals surface area contributed by atoms with E-state index < -0.39 is 5.97 Å². The molecule has 0 radical (unpaired) electrons. The zero-order valence-electron chi connectivity index (χ0n) is 13.7. The lowest BCUT2D eigenvalue weighted by Gasteiger charge is -2.11. The van der Waals surface area contributed by atoms with E-state index in [1.807, 2.05) is 50.4 Å². The molecule has 0 aliphatic heterocycles. The van der Waals surface area contributed by atoms with Crippen molar-refractivity contribution in [2.24, 2.45) is 0 Å². The van der Waals surface area contributed by atoms with Crippen molar-refractivity contribution >= 4 is 17.7 Å². The molecular weight excluding hydrogens is 312 g/mol. The number of hydrogen-bond donors (Lipinski definition) is 1. The Hall–Kier alpha value is -1.97. The Morgan fingerprint density at radius 3 is 2.57 bits per heavy atom. The van der Waals surface area contributed by atoms with Crippen molar-refractivity contribution < 1.29 is 14.3 Å². The standard InChI is InChI=1S/C17H22N2O3S/c1-4-21-9-10-22-17(20)15(11-18)16(23-3)19-12-14-7-5-13(2)6-8-14/h5-8,19H,4,9-10,12H2,1-3H3/b16-15-. The molecule has 1 N–H and O–H groups in total. The molecule has 1 aromatic carbocycles. The lowest BCUT2D eigenvalue weighted by Crippen LogP contribution is -2.18. The number of hydrogen-bond acceptors (Lipinski definition) is 6. The second-order valence-electron chi connectivity index (χ2n) is 4.69. The molecule has 0 heterocycles. The van der Waals surface area contributed by atoms with E-state index in [1.165, 1.54) is 17.3 Å². The maximum Gasteiger partial charge on any atom is 0.351 e. The molecule has 1 rings (SSSR count). The number of benzene rings is 1. The van der Waals surface area contributed by atoms with E-state index in [-0.39, 0.29) is 12.2 Å². The molecule has 6 heteroatoms. The summed E-state index contributed by atoms with van der Waals surface area (Å²) in [7, 11) is 0. The van der Waals surface area contributed by atoms with Crippen molar-refractivity contribution in [2.75, 3.05) is 26.1 Å². The molecule has 0 aromatic heterocycles. The molecule has 0 spiro atoms. The highest BCUT2D eigenvalue weighted by Gasteiger charge is 2.16. The summed E-state index contributed by atoms with van der Waals surface area (Å²) in [6.07, 6.45) is 1.81. The maximum atomic E-state index is 12.0. The highest BCUT2D eigenvalue weighted by Crippen LogP contribution is 2.16. The zero-order valence-corrected chi connectivity index (χ0v) is 14.5. The number of aryl methyl sites for hydroxylation is 1. The number of nitrogens with one attached hydrogen (secondary N) is 1. The number of ether oxygens (including phenoxy) is 2. The molecule has 0 atom stereocenters. The molecule has 5 nitrogen and oxygen atoms in total. The minimum atomic E-state index is -0.632. The zero-order chi connectivity index (χ0) is 17.1. The van der Waals surface area contributed by atoms with Gasteiger partial charge in [0.2, 0.25) is 0 Å². The molecule has 0 saturated carbocycles. The van der Waals surface area contributed by atoms with E-state index >= 15 is 0 Å². The summed E-state index contributed by atoms with van der Waals surface area (Å²) >= 11 is 1.31. The lowest BCUT2D eigenvalue weighted by atomic mass is 10.1. The van der Waals surface area contributed by atoms with Crippen LogP contribution in [0.3, 0.4) is 0 Å². The van der Waals surface area contributed by atoms with Crippen molar-refractivity contribution in [1.82, 2.24) is 5.32 Å². The second-order valence-corrected chi connectivity index (χ2v) is 5.51. The van der Waals surface area contributed by atoms with Crippen LogP contribution in [0.15, 0.2) is 34.9 Å². The summed E-state index contributed by atoms with van der Waals surface area (Å²) in [5, 5.41) is 12.9. The Morgan fingerprint density at radius 1 is 1.30 bits per heavy atom. The van der Waals surface area contributed by atoms with Crippen LogP contribution in [0.1, 0.15) is 18.1 Å². The lowest BCUT2D eigenvalue weighted by molar-refractivity contribution is -0.140. The predicted molar refractivity (Wildman–Crippen MR) is 91.6 cm³/mol. The van der Waals surface area contributed by atoms with Gasteiger partial charge in [-0.15, -0.1) is 11.8 Å². The average Bonchev–Trinajstić information content (AvgIpc) is 2.56. The largest absolute Gasteiger partial charge is 0.459 e. The fraction of sp³-hybridized carbons (Fsp3) is 0.412. The summed E-state index contributed by atoms with van der Waals surface area (Å²) in [6.45, 7) is 5.45. The first-order valence-electron chi connectivity index (χ1n) is 7.35. The third kappa shape index (κ3) is 6.76. The molecular formula is C17H22N2O3S. The number of nitrogens with zero attached hydrogens (tertiary/aromatic N) is 1. The molecule has 124 valence electrons. The van der Waals surface area contributed by atoms with Crippen LogP contribution in [0.2, 0.25) is 0 Å². The second kappa shape index (κ2) is 10.7. The Labute approximate surface area is 141 Å². The Bertz CT molecular complexity index is 576. The molecule has 23 heavy (non-hydrogen) atoms. The van der Waals surface area contributed by atoms with Crippen molar-refractivity contribution in [3.8, 4) is 6.07 Å². The highest BCUT2D eigenvalue weighted by atomic mass is 32.2. The first-order valence-corrected chi connectivity index (χ1v) is 8.57. The molecule has 1 aromatic rings. The Morgan fingerprint density at radius 2 is 2.00 bits per heavy atom. The summed E-state index contributed by atoms with van der Waals surface area (Å²) in [5.74, 6) is -0.632. The average molecular weight is 334 g/mol. The Kier molecular flexibility index (Phi) is 8.88. The van der Waals surface area contributed by atoms with Gasteiger partial charge >= 0.3 is 5.97 Å². The minimum Gasteiger partial charge on any atom is -0.459 e. The molecule has 0 aliphatic carbocycles. The van der Waals surface area contributed by atoms with Gasteiger partial charge < -0.3 is 14.8 Å². The molecule has 0 bridgehead atoms. The first-order chi connectivity index (χ1) is 11.1. The van der Waals surface area contributed by atoms with Crippen molar-refractivity contribution in [1.29, 1.82) is 5.26 Å².